The van der Waals surface area contributed by atoms with Crippen LogP contribution in [0.25, 0.3) is 0 Å². The van der Waals surface area contributed by atoms with Gasteiger partial charge in [-0.05, 0) is 71.0 Å². The smallest absolute Gasteiger partial charge is 0.101 e. The average molecular weight is 432 g/mol. The Kier molecular flexibility index (Phi) is 10.9. The SMILES string of the molecule is Br.CN1CCCCC1.CS(=O)(=NCN1CCCCC1)c1ccccc1. The Labute approximate surface area is 164 Å². The molecule has 0 radical (unpaired) electrons. The number of hydrogen-bond acceptors (Lipinski definition) is 4. The average Bonchev–Trinajstić information content (AvgIpc) is 2.63. The zero-order valence-corrected chi connectivity index (χ0v) is 18.3. The van der Waals surface area contributed by atoms with E-state index in [4.69, 9.17) is 0 Å². The molecule has 3 rings (SSSR count). The van der Waals surface area contributed by atoms with Crippen molar-refractivity contribution in [3.8, 4) is 0 Å². The van der Waals surface area contributed by atoms with Gasteiger partial charge in [0, 0.05) is 11.2 Å². The topological polar surface area (TPSA) is 35.9 Å². The molecule has 2 fully saturated rings. The zero-order valence-electron chi connectivity index (χ0n) is 15.7. The maximum atomic E-state index is 12.4. The zero-order chi connectivity index (χ0) is 17.3. The van der Waals surface area contributed by atoms with Gasteiger partial charge in [-0.15, -0.1) is 17.0 Å². The van der Waals surface area contributed by atoms with Crippen LogP contribution in [0.5, 0.6) is 0 Å². The first kappa shape index (κ1) is 22.6. The molecular weight excluding hydrogens is 398 g/mol. The van der Waals surface area contributed by atoms with E-state index < -0.39 is 9.73 Å². The molecule has 2 aliphatic rings. The Bertz CT molecular complexity index is 576. The summed E-state index contributed by atoms with van der Waals surface area (Å²) in [6, 6.07) is 9.54. The Balaban J connectivity index is 0.000000330. The van der Waals surface area contributed by atoms with E-state index in [1.807, 2.05) is 30.3 Å². The van der Waals surface area contributed by atoms with Gasteiger partial charge < -0.3 is 4.90 Å². The second kappa shape index (κ2) is 12.0. The molecule has 0 bridgehead atoms. The number of piperidine rings is 2. The normalized spacial score (nSPS) is 21.2. The number of nitrogens with zero attached hydrogens (tertiary/aromatic N) is 3. The summed E-state index contributed by atoms with van der Waals surface area (Å²) in [7, 11) is -0.0327. The number of hydrogen-bond donors (Lipinski definition) is 0. The van der Waals surface area contributed by atoms with E-state index in [1.165, 1.54) is 51.6 Å². The second-order valence-corrected chi connectivity index (χ2v) is 9.26. The predicted molar refractivity (Wildman–Crippen MR) is 113 cm³/mol. The van der Waals surface area contributed by atoms with Gasteiger partial charge in [0.25, 0.3) is 0 Å². The van der Waals surface area contributed by atoms with Crippen LogP contribution in [-0.2, 0) is 9.73 Å². The number of rotatable bonds is 3. The third-order valence-corrected chi connectivity index (χ3v) is 6.47. The van der Waals surface area contributed by atoms with E-state index in [0.29, 0.717) is 6.67 Å². The fourth-order valence-electron chi connectivity index (χ4n) is 3.09. The molecule has 0 N–H and O–H groups in total. The molecule has 0 amide bonds. The summed E-state index contributed by atoms with van der Waals surface area (Å²) in [4.78, 5) is 5.51. The van der Waals surface area contributed by atoms with Gasteiger partial charge in [0.1, 0.15) is 6.67 Å². The first-order valence-corrected chi connectivity index (χ1v) is 11.1. The first-order chi connectivity index (χ1) is 11.6. The van der Waals surface area contributed by atoms with Crippen LogP contribution in [-0.4, -0.2) is 60.2 Å². The van der Waals surface area contributed by atoms with Gasteiger partial charge in [-0.1, -0.05) is 31.0 Å². The molecule has 2 aliphatic heterocycles. The molecule has 144 valence electrons. The van der Waals surface area contributed by atoms with Crippen LogP contribution in [0.3, 0.4) is 0 Å². The molecular formula is C19H34BrN3OS. The van der Waals surface area contributed by atoms with Crippen molar-refractivity contribution in [3.63, 3.8) is 0 Å². The van der Waals surface area contributed by atoms with Gasteiger partial charge in [-0.2, -0.15) is 0 Å². The standard InChI is InChI=1S/C13H20N2OS.C6H13N.BrH/c1-17(16,13-8-4-2-5-9-13)14-12-15-10-6-3-7-11-15;1-7-5-3-2-4-6-7;/h2,4-5,8-9H,3,6-7,10-12H2,1H3;2-6H2,1H3;1H. The van der Waals surface area contributed by atoms with Gasteiger partial charge >= 0.3 is 0 Å². The molecule has 2 saturated heterocycles. The number of halogens is 1. The predicted octanol–water partition coefficient (Wildman–Crippen LogP) is 4.27. The van der Waals surface area contributed by atoms with Crippen molar-refractivity contribution < 1.29 is 4.21 Å². The van der Waals surface area contributed by atoms with Crippen molar-refractivity contribution >= 4 is 26.7 Å². The lowest BCUT2D eigenvalue weighted by Gasteiger charge is -2.24. The molecule has 0 aromatic heterocycles. The van der Waals surface area contributed by atoms with Crippen molar-refractivity contribution in [1.82, 2.24) is 9.80 Å². The molecule has 4 nitrogen and oxygen atoms in total. The van der Waals surface area contributed by atoms with Crippen LogP contribution >= 0.6 is 17.0 Å². The van der Waals surface area contributed by atoms with Crippen LogP contribution in [0, 0.1) is 0 Å². The van der Waals surface area contributed by atoms with Gasteiger partial charge in [0.05, 0.1) is 9.73 Å². The Morgan fingerprint density at radius 1 is 0.920 bits per heavy atom. The maximum Gasteiger partial charge on any atom is 0.101 e. The quantitative estimate of drug-likeness (QED) is 0.716. The van der Waals surface area contributed by atoms with E-state index >= 15 is 0 Å². The van der Waals surface area contributed by atoms with Crippen molar-refractivity contribution in [2.75, 3.05) is 46.2 Å². The lowest BCUT2D eigenvalue weighted by atomic mass is 10.1. The van der Waals surface area contributed by atoms with E-state index in [-0.39, 0.29) is 17.0 Å². The molecule has 2 heterocycles. The van der Waals surface area contributed by atoms with Crippen LogP contribution in [0.2, 0.25) is 0 Å². The summed E-state index contributed by atoms with van der Waals surface area (Å²) in [6.07, 6.45) is 9.80. The van der Waals surface area contributed by atoms with Crippen molar-refractivity contribution in [2.24, 2.45) is 4.36 Å². The number of likely N-dealkylation sites (tertiary alicyclic amines) is 2. The van der Waals surface area contributed by atoms with Gasteiger partial charge in [0.15, 0.2) is 0 Å². The Morgan fingerprint density at radius 3 is 1.92 bits per heavy atom. The number of benzene rings is 1. The van der Waals surface area contributed by atoms with E-state index in [9.17, 15) is 4.21 Å². The Hall–Kier alpha value is -0.430. The van der Waals surface area contributed by atoms with E-state index in [1.54, 1.807) is 6.26 Å². The molecule has 6 heteroatoms. The molecule has 1 aromatic carbocycles. The molecule has 1 unspecified atom stereocenters. The molecule has 0 aliphatic carbocycles. The van der Waals surface area contributed by atoms with Gasteiger partial charge in [-0.25, -0.2) is 8.57 Å². The van der Waals surface area contributed by atoms with Crippen LogP contribution in [0.1, 0.15) is 38.5 Å². The van der Waals surface area contributed by atoms with Crippen molar-refractivity contribution in [1.29, 1.82) is 0 Å². The lowest BCUT2D eigenvalue weighted by Crippen LogP contribution is -2.30. The van der Waals surface area contributed by atoms with Crippen LogP contribution < -0.4 is 0 Å². The van der Waals surface area contributed by atoms with E-state index in [0.717, 1.165) is 18.0 Å². The first-order valence-electron chi connectivity index (χ1n) is 9.22. The lowest BCUT2D eigenvalue weighted by molar-refractivity contribution is 0.236. The fourth-order valence-corrected chi connectivity index (χ4v) is 4.29. The summed E-state index contributed by atoms with van der Waals surface area (Å²) >= 11 is 0. The van der Waals surface area contributed by atoms with Crippen LogP contribution in [0.4, 0.5) is 0 Å². The van der Waals surface area contributed by atoms with E-state index in [2.05, 4.69) is 21.2 Å². The van der Waals surface area contributed by atoms with Gasteiger partial charge in [-0.3, -0.25) is 4.90 Å². The summed E-state index contributed by atoms with van der Waals surface area (Å²) in [5.41, 5.74) is 0. The highest BCUT2D eigenvalue weighted by Crippen LogP contribution is 2.13. The summed E-state index contributed by atoms with van der Waals surface area (Å²) in [5.74, 6) is 0. The third kappa shape index (κ3) is 8.67. The summed E-state index contributed by atoms with van der Waals surface area (Å²) < 4.78 is 16.8. The fraction of sp³-hybridized carbons (Fsp3) is 0.684. The summed E-state index contributed by atoms with van der Waals surface area (Å²) in [6.45, 7) is 5.42. The second-order valence-electron chi connectivity index (χ2n) is 6.93. The van der Waals surface area contributed by atoms with Crippen LogP contribution in [0.15, 0.2) is 39.6 Å². The minimum atomic E-state index is -2.23. The monoisotopic (exact) mass is 431 g/mol. The minimum Gasteiger partial charge on any atom is -0.306 e. The highest BCUT2D eigenvalue weighted by Gasteiger charge is 2.11. The highest BCUT2D eigenvalue weighted by molar-refractivity contribution is 8.93. The molecule has 25 heavy (non-hydrogen) atoms. The third-order valence-electron chi connectivity index (χ3n) is 4.71. The largest absolute Gasteiger partial charge is 0.306 e. The molecule has 1 aromatic rings. The molecule has 1 atom stereocenters. The maximum absolute atomic E-state index is 12.4. The Morgan fingerprint density at radius 2 is 1.44 bits per heavy atom. The van der Waals surface area contributed by atoms with Crippen molar-refractivity contribution in [3.05, 3.63) is 30.3 Å². The summed E-state index contributed by atoms with van der Waals surface area (Å²) in [5, 5.41) is 0. The minimum absolute atomic E-state index is 0. The van der Waals surface area contributed by atoms with Crippen molar-refractivity contribution in [2.45, 2.75) is 43.4 Å². The highest BCUT2D eigenvalue weighted by atomic mass is 79.9. The molecule has 0 spiro atoms. The van der Waals surface area contributed by atoms with Gasteiger partial charge in [0.2, 0.25) is 0 Å². The molecule has 0 saturated carbocycles.